The number of carboxylic acid groups (broad SMARTS) is 2. The summed E-state index contributed by atoms with van der Waals surface area (Å²) in [6.45, 7) is 3.08. The van der Waals surface area contributed by atoms with Gasteiger partial charge in [-0.15, -0.1) is 33.0 Å². The van der Waals surface area contributed by atoms with Crippen LogP contribution in [-0.4, -0.2) is 87.9 Å². The van der Waals surface area contributed by atoms with Crippen molar-refractivity contribution in [1.82, 2.24) is 30.2 Å². The van der Waals surface area contributed by atoms with Gasteiger partial charge in [0.1, 0.15) is 10.4 Å². The number of carbonyl (C=O) groups excluding carboxylic acids is 2. The van der Waals surface area contributed by atoms with Crippen LogP contribution >= 0.6 is 34.9 Å². The van der Waals surface area contributed by atoms with Crippen LogP contribution in [0.25, 0.3) is 0 Å². The Morgan fingerprint density at radius 3 is 2.56 bits per heavy atom. The van der Waals surface area contributed by atoms with Crippen molar-refractivity contribution in [2.24, 2.45) is 5.41 Å². The zero-order chi connectivity index (χ0) is 23.2. The first-order valence-corrected chi connectivity index (χ1v) is 11.9. The van der Waals surface area contributed by atoms with Gasteiger partial charge < -0.3 is 15.1 Å². The average Bonchev–Trinajstić information content (AvgIpc) is 3.42. The molecular formula is C16H17N7O6S3. The molecule has 6 heterocycles. The Hall–Kier alpha value is -2.72. The molecule has 2 saturated heterocycles. The molecule has 2 bridgehead atoms. The summed E-state index contributed by atoms with van der Waals surface area (Å²) in [6, 6.07) is -0.718. The predicted molar refractivity (Wildman–Crippen MR) is 112 cm³/mol. The second-order valence-electron chi connectivity index (χ2n) is 7.45. The van der Waals surface area contributed by atoms with Crippen LogP contribution in [0.3, 0.4) is 0 Å². The lowest BCUT2D eigenvalue weighted by atomic mass is 9.89. The van der Waals surface area contributed by atoms with E-state index in [0.29, 0.717) is 5.75 Å². The number of tetrazole rings is 1. The van der Waals surface area contributed by atoms with Crippen molar-refractivity contribution in [2.75, 3.05) is 17.3 Å². The molecule has 13 nitrogen and oxygen atoms in total. The molecular weight excluding hydrogens is 482 g/mol. The maximum atomic E-state index is 12.4. The third kappa shape index (κ3) is 3.93. The highest BCUT2D eigenvalue weighted by Gasteiger charge is 2.58. The molecule has 4 aliphatic heterocycles. The van der Waals surface area contributed by atoms with Crippen LogP contribution in [0.4, 0.5) is 0 Å². The molecule has 0 aromatic carbocycles. The average molecular weight is 500 g/mol. The molecule has 170 valence electrons. The summed E-state index contributed by atoms with van der Waals surface area (Å²) in [5.41, 5.74) is -0.975. The quantitative estimate of drug-likeness (QED) is 0.442. The molecule has 3 atom stereocenters. The SMILES string of the molecule is CC(=O)N(C1C(=O)N2CC(C)(C(=O)O)CS[C@H]12)n1cnnn1.O=C(O)Cc1sc2nc1S2. The number of carboxylic acids is 2. The molecule has 2 N–H and O–H groups in total. The number of amides is 2. The Labute approximate surface area is 193 Å². The lowest BCUT2D eigenvalue weighted by molar-refractivity contribution is -0.157. The summed E-state index contributed by atoms with van der Waals surface area (Å²) in [5, 5.41) is 30.1. The smallest absolute Gasteiger partial charge is 0.312 e. The Kier molecular flexibility index (Phi) is 5.85. The summed E-state index contributed by atoms with van der Waals surface area (Å²) >= 11 is 4.41. The van der Waals surface area contributed by atoms with Gasteiger partial charge >= 0.3 is 11.9 Å². The molecule has 0 saturated carbocycles. The van der Waals surface area contributed by atoms with E-state index >= 15 is 0 Å². The number of hydrogen-bond acceptors (Lipinski definition) is 11. The Balaban J connectivity index is 0.000000203. The maximum absolute atomic E-state index is 12.4. The highest BCUT2D eigenvalue weighted by molar-refractivity contribution is 8.02. The van der Waals surface area contributed by atoms with Crippen molar-refractivity contribution < 1.29 is 29.4 Å². The number of β-lactam (4-membered cyclic amide) rings is 1. The van der Waals surface area contributed by atoms with E-state index in [-0.39, 0.29) is 30.2 Å². The Bertz CT molecular complexity index is 1090. The molecule has 2 fully saturated rings. The van der Waals surface area contributed by atoms with Crippen LogP contribution in [0, 0.1) is 5.41 Å². The highest BCUT2D eigenvalue weighted by atomic mass is 32.2. The van der Waals surface area contributed by atoms with Gasteiger partial charge in [-0.25, -0.2) is 9.99 Å². The fourth-order valence-electron chi connectivity index (χ4n) is 3.36. The molecule has 0 radical (unpaired) electrons. The molecule has 2 aromatic heterocycles. The van der Waals surface area contributed by atoms with E-state index in [1.807, 2.05) is 0 Å². The van der Waals surface area contributed by atoms with Crippen molar-refractivity contribution in [3.63, 3.8) is 0 Å². The first kappa shape index (κ1) is 22.5. The topological polar surface area (TPSA) is 172 Å². The first-order valence-electron chi connectivity index (χ1n) is 9.18. The van der Waals surface area contributed by atoms with E-state index in [0.717, 1.165) is 19.0 Å². The van der Waals surface area contributed by atoms with Crippen molar-refractivity contribution >= 4 is 58.6 Å². The summed E-state index contributed by atoms with van der Waals surface area (Å²) in [4.78, 5) is 53.3. The predicted octanol–water partition coefficient (Wildman–Crippen LogP) is -0.233. The lowest BCUT2D eigenvalue weighted by Crippen LogP contribution is -2.75. The van der Waals surface area contributed by atoms with Gasteiger partial charge in [-0.1, -0.05) is 0 Å². The zero-order valence-electron chi connectivity index (χ0n) is 16.7. The van der Waals surface area contributed by atoms with Crippen molar-refractivity contribution in [1.29, 1.82) is 0 Å². The van der Waals surface area contributed by atoms with Gasteiger partial charge in [0, 0.05) is 19.2 Å². The fraction of sp³-hybridized carbons (Fsp3) is 0.500. The monoisotopic (exact) mass is 499 g/mol. The van der Waals surface area contributed by atoms with E-state index in [1.54, 1.807) is 18.7 Å². The minimum absolute atomic E-state index is 0.125. The molecule has 2 aromatic rings. The molecule has 16 heteroatoms. The number of aromatic nitrogens is 5. The number of aliphatic carboxylic acids is 2. The minimum atomic E-state index is -0.975. The van der Waals surface area contributed by atoms with Crippen LogP contribution in [0.5, 0.6) is 0 Å². The highest BCUT2D eigenvalue weighted by Crippen LogP contribution is 2.45. The van der Waals surface area contributed by atoms with Gasteiger partial charge in [-0.3, -0.25) is 19.2 Å². The molecule has 4 aliphatic rings. The third-order valence-corrected chi connectivity index (χ3v) is 8.94. The number of hydrogen-bond donors (Lipinski definition) is 2. The molecule has 32 heavy (non-hydrogen) atoms. The van der Waals surface area contributed by atoms with Crippen LogP contribution in [0.2, 0.25) is 0 Å². The fourth-order valence-corrected chi connectivity index (χ4v) is 7.06. The first-order chi connectivity index (χ1) is 15.1. The summed E-state index contributed by atoms with van der Waals surface area (Å²) in [7, 11) is 0. The second-order valence-corrected chi connectivity index (χ2v) is 10.9. The Morgan fingerprint density at radius 1 is 1.34 bits per heavy atom. The second kappa shape index (κ2) is 8.32. The zero-order valence-corrected chi connectivity index (χ0v) is 19.2. The third-order valence-electron chi connectivity index (χ3n) is 5.00. The number of nitrogens with zero attached hydrogens (tertiary/aromatic N) is 7. The summed E-state index contributed by atoms with van der Waals surface area (Å²) in [6.07, 6.45) is 1.37. The Morgan fingerprint density at radius 2 is 2.06 bits per heavy atom. The standard InChI is InChI=1S/C11H14N6O4S.C5H3NO2S2/c1-6(18)17(16-5-12-13-14-16)7-8(19)15-3-11(2,10(20)21)4-22-9(7)15;7-3(8)1-2-4-6-5(9-2)10-4/h5,7,9H,3-4H2,1-2H3,(H,20,21);1H2,(H,7,8)/t7?,9-,11?;/m1./s1. The van der Waals surface area contributed by atoms with Gasteiger partial charge in [-0.2, -0.15) is 0 Å². The van der Waals surface area contributed by atoms with Gasteiger partial charge in [-0.05, 0) is 29.1 Å². The molecule has 0 aliphatic carbocycles. The van der Waals surface area contributed by atoms with Crippen LogP contribution < -0.4 is 5.01 Å². The number of rotatable bonds is 5. The molecule has 6 rings (SSSR count). The van der Waals surface area contributed by atoms with Gasteiger partial charge in [0.25, 0.3) is 5.91 Å². The van der Waals surface area contributed by atoms with Gasteiger partial charge in [0.2, 0.25) is 5.91 Å². The summed E-state index contributed by atoms with van der Waals surface area (Å²) < 4.78 is 0.992. The largest absolute Gasteiger partial charge is 0.481 e. The number of fused-ring (bicyclic) bond motifs is 2. The van der Waals surface area contributed by atoms with E-state index in [9.17, 15) is 24.3 Å². The van der Waals surface area contributed by atoms with Crippen molar-refractivity contribution in [2.45, 2.75) is 41.0 Å². The lowest BCUT2D eigenvalue weighted by Gasteiger charge is -2.54. The normalized spacial score (nSPS) is 24.9. The maximum Gasteiger partial charge on any atom is 0.312 e. The van der Waals surface area contributed by atoms with E-state index in [4.69, 9.17) is 5.11 Å². The number of carbonyl (C=O) groups is 4. The molecule has 2 amide bonds. The van der Waals surface area contributed by atoms with Gasteiger partial charge in [0.15, 0.2) is 16.7 Å². The van der Waals surface area contributed by atoms with E-state index < -0.39 is 23.4 Å². The molecule has 2 unspecified atom stereocenters. The number of thioether (sulfide) groups is 1. The minimum Gasteiger partial charge on any atom is -0.481 e. The van der Waals surface area contributed by atoms with Crippen LogP contribution in [-0.2, 0) is 25.6 Å². The summed E-state index contributed by atoms with van der Waals surface area (Å²) in [5.74, 6) is -2.00. The van der Waals surface area contributed by atoms with Crippen molar-refractivity contribution in [3.05, 3.63) is 11.2 Å². The van der Waals surface area contributed by atoms with Crippen LogP contribution in [0.15, 0.2) is 15.7 Å². The van der Waals surface area contributed by atoms with Gasteiger partial charge in [0.05, 0.1) is 16.7 Å². The van der Waals surface area contributed by atoms with E-state index in [1.165, 1.54) is 46.3 Å². The number of thiazole rings is 1. The van der Waals surface area contributed by atoms with Crippen molar-refractivity contribution in [3.8, 4) is 0 Å². The van der Waals surface area contributed by atoms with E-state index in [2.05, 4.69) is 20.5 Å². The van der Waals surface area contributed by atoms with Crippen LogP contribution in [0.1, 0.15) is 18.7 Å². The molecule has 0 spiro atoms.